The van der Waals surface area contributed by atoms with Crippen LogP contribution >= 0.6 is 0 Å². The monoisotopic (exact) mass is 263 g/mol. The Kier molecular flexibility index (Phi) is 4.39. The van der Waals surface area contributed by atoms with Gasteiger partial charge in [-0.3, -0.25) is 9.69 Å². The summed E-state index contributed by atoms with van der Waals surface area (Å²) in [6.45, 7) is 2.52. The summed E-state index contributed by atoms with van der Waals surface area (Å²) in [6.07, 6.45) is 0. The van der Waals surface area contributed by atoms with Crippen molar-refractivity contribution < 1.29 is 9.53 Å². The minimum atomic E-state index is -0.107. The average molecular weight is 263 g/mol. The van der Waals surface area contributed by atoms with Crippen LogP contribution < -0.4 is 15.0 Å². The van der Waals surface area contributed by atoms with Crippen LogP contribution in [-0.4, -0.2) is 57.7 Å². The van der Waals surface area contributed by atoms with Crippen molar-refractivity contribution in [2.45, 2.75) is 6.04 Å². The highest BCUT2D eigenvalue weighted by Gasteiger charge is 2.28. The Bertz CT molecular complexity index is 450. The van der Waals surface area contributed by atoms with Gasteiger partial charge in [-0.1, -0.05) is 6.07 Å². The summed E-state index contributed by atoms with van der Waals surface area (Å²) < 4.78 is 5.19. The molecule has 0 saturated carbocycles. The maximum Gasteiger partial charge on any atom is 0.245 e. The van der Waals surface area contributed by atoms with E-state index in [2.05, 4.69) is 10.2 Å². The Balaban J connectivity index is 2.13. The zero-order chi connectivity index (χ0) is 13.8. The first-order chi connectivity index (χ1) is 9.13. The van der Waals surface area contributed by atoms with E-state index in [1.165, 1.54) is 0 Å². The lowest BCUT2D eigenvalue weighted by atomic mass is 10.1. The molecule has 0 aromatic heterocycles. The fraction of sp³-hybridized carbons (Fsp3) is 0.500. The van der Waals surface area contributed by atoms with Crippen LogP contribution in [0.1, 0.15) is 0 Å². The molecule has 2 rings (SSSR count). The molecule has 0 spiro atoms. The number of likely N-dealkylation sites (N-methyl/N-ethyl adjacent to an activating group) is 2. The van der Waals surface area contributed by atoms with Crippen molar-refractivity contribution in [3.05, 3.63) is 24.3 Å². The third-order valence-corrected chi connectivity index (χ3v) is 3.57. The fourth-order valence-corrected chi connectivity index (χ4v) is 2.25. The molecule has 0 radical (unpaired) electrons. The van der Waals surface area contributed by atoms with Gasteiger partial charge in [-0.15, -0.1) is 0 Å². The number of methoxy groups -OCH3 is 1. The molecule has 0 bridgehead atoms. The summed E-state index contributed by atoms with van der Waals surface area (Å²) in [6, 6.07) is 7.44. The highest BCUT2D eigenvalue weighted by atomic mass is 16.5. The second-order valence-corrected chi connectivity index (χ2v) is 4.80. The summed E-state index contributed by atoms with van der Waals surface area (Å²) >= 11 is 0. The number of ether oxygens (including phenoxy) is 1. The second kappa shape index (κ2) is 6.04. The van der Waals surface area contributed by atoms with Gasteiger partial charge in [-0.2, -0.15) is 0 Å². The van der Waals surface area contributed by atoms with E-state index in [1.807, 2.05) is 31.3 Å². The standard InChI is InChI=1S/C14H21N3O2/c1-16-8-7-15-10-13(16)14(18)17(2)11-5-4-6-12(9-11)19-3/h4-6,9,13,15H,7-8,10H2,1-3H3. The van der Waals surface area contributed by atoms with Crippen LogP contribution in [0.3, 0.4) is 0 Å². The lowest BCUT2D eigenvalue weighted by molar-refractivity contribution is -0.123. The van der Waals surface area contributed by atoms with Gasteiger partial charge < -0.3 is 15.0 Å². The number of rotatable bonds is 3. The number of benzene rings is 1. The van der Waals surface area contributed by atoms with E-state index in [-0.39, 0.29) is 11.9 Å². The van der Waals surface area contributed by atoms with Crippen LogP contribution in [0.4, 0.5) is 5.69 Å². The van der Waals surface area contributed by atoms with Gasteiger partial charge in [0.1, 0.15) is 11.8 Å². The van der Waals surface area contributed by atoms with Crippen molar-refractivity contribution in [1.29, 1.82) is 0 Å². The Labute approximate surface area is 114 Å². The zero-order valence-corrected chi connectivity index (χ0v) is 11.7. The minimum absolute atomic E-state index is 0.1000. The molecule has 1 atom stereocenters. The van der Waals surface area contributed by atoms with E-state index in [0.717, 1.165) is 24.5 Å². The molecule has 1 N–H and O–H groups in total. The van der Waals surface area contributed by atoms with E-state index in [9.17, 15) is 4.79 Å². The summed E-state index contributed by atoms with van der Waals surface area (Å²) in [5.41, 5.74) is 0.850. The van der Waals surface area contributed by atoms with E-state index in [0.29, 0.717) is 6.54 Å². The first-order valence-corrected chi connectivity index (χ1v) is 6.46. The number of nitrogens with one attached hydrogen (secondary N) is 1. The molecule has 1 aromatic carbocycles. The highest BCUT2D eigenvalue weighted by molar-refractivity contribution is 5.97. The number of hydrogen-bond acceptors (Lipinski definition) is 4. The molecule has 1 amide bonds. The maximum atomic E-state index is 12.5. The van der Waals surface area contributed by atoms with Gasteiger partial charge in [-0.05, 0) is 19.2 Å². The lowest BCUT2D eigenvalue weighted by Crippen LogP contribution is -2.56. The molecule has 1 aliphatic rings. The van der Waals surface area contributed by atoms with Crippen molar-refractivity contribution in [3.8, 4) is 5.75 Å². The van der Waals surface area contributed by atoms with Crippen LogP contribution in [0.2, 0.25) is 0 Å². The second-order valence-electron chi connectivity index (χ2n) is 4.80. The summed E-state index contributed by atoms with van der Waals surface area (Å²) in [5, 5.41) is 3.26. The van der Waals surface area contributed by atoms with Gasteiger partial charge in [0.15, 0.2) is 0 Å². The molecule has 1 heterocycles. The number of piperazine rings is 1. The molecule has 1 saturated heterocycles. The van der Waals surface area contributed by atoms with E-state index >= 15 is 0 Å². The molecule has 1 aromatic rings. The number of anilines is 1. The summed E-state index contributed by atoms with van der Waals surface area (Å²) in [5.74, 6) is 0.857. The van der Waals surface area contributed by atoms with Gasteiger partial charge in [0.05, 0.1) is 7.11 Å². The molecular weight excluding hydrogens is 242 g/mol. The number of carbonyl (C=O) groups is 1. The summed E-state index contributed by atoms with van der Waals surface area (Å²) in [4.78, 5) is 16.3. The first kappa shape index (κ1) is 13.8. The van der Waals surface area contributed by atoms with Gasteiger partial charge in [0.25, 0.3) is 0 Å². The van der Waals surface area contributed by atoms with Crippen LogP contribution in [-0.2, 0) is 4.79 Å². The molecule has 0 aliphatic carbocycles. The number of nitrogens with zero attached hydrogens (tertiary/aromatic N) is 2. The van der Waals surface area contributed by atoms with E-state index in [4.69, 9.17) is 4.74 Å². The van der Waals surface area contributed by atoms with Crippen LogP contribution in [0, 0.1) is 0 Å². The van der Waals surface area contributed by atoms with Crippen LogP contribution in [0.25, 0.3) is 0 Å². The maximum absolute atomic E-state index is 12.5. The smallest absolute Gasteiger partial charge is 0.245 e. The topological polar surface area (TPSA) is 44.8 Å². The average Bonchev–Trinajstić information content (AvgIpc) is 2.46. The predicted octanol–water partition coefficient (Wildman–Crippen LogP) is 0.562. The normalized spacial score (nSPS) is 20.1. The Hall–Kier alpha value is -1.59. The number of hydrogen-bond donors (Lipinski definition) is 1. The van der Waals surface area contributed by atoms with E-state index < -0.39 is 0 Å². The Morgan fingerprint density at radius 3 is 3.00 bits per heavy atom. The van der Waals surface area contributed by atoms with Crippen molar-refractivity contribution in [2.24, 2.45) is 0 Å². The highest BCUT2D eigenvalue weighted by Crippen LogP contribution is 2.21. The van der Waals surface area contributed by atoms with Gasteiger partial charge in [0, 0.05) is 38.4 Å². The lowest BCUT2D eigenvalue weighted by Gasteiger charge is -2.34. The van der Waals surface area contributed by atoms with Crippen LogP contribution in [0.15, 0.2) is 24.3 Å². The van der Waals surface area contributed by atoms with Crippen molar-refractivity contribution in [2.75, 3.05) is 45.7 Å². The van der Waals surface area contributed by atoms with Crippen molar-refractivity contribution >= 4 is 11.6 Å². The van der Waals surface area contributed by atoms with Gasteiger partial charge in [-0.25, -0.2) is 0 Å². The zero-order valence-electron chi connectivity index (χ0n) is 11.7. The molecule has 1 unspecified atom stereocenters. The van der Waals surface area contributed by atoms with Gasteiger partial charge >= 0.3 is 0 Å². The van der Waals surface area contributed by atoms with Gasteiger partial charge in [0.2, 0.25) is 5.91 Å². The third kappa shape index (κ3) is 3.05. The third-order valence-electron chi connectivity index (χ3n) is 3.57. The largest absolute Gasteiger partial charge is 0.497 e. The number of amides is 1. The molecule has 104 valence electrons. The first-order valence-electron chi connectivity index (χ1n) is 6.46. The molecule has 1 aliphatic heterocycles. The molecular formula is C14H21N3O2. The Morgan fingerprint density at radius 2 is 2.32 bits per heavy atom. The quantitative estimate of drug-likeness (QED) is 0.865. The predicted molar refractivity (Wildman–Crippen MR) is 75.7 cm³/mol. The molecule has 5 heteroatoms. The SMILES string of the molecule is COc1cccc(N(C)C(=O)C2CNCCN2C)c1. The summed E-state index contributed by atoms with van der Waals surface area (Å²) in [7, 11) is 5.42. The Morgan fingerprint density at radius 1 is 1.53 bits per heavy atom. The molecule has 19 heavy (non-hydrogen) atoms. The molecule has 5 nitrogen and oxygen atoms in total. The number of carbonyl (C=O) groups excluding carboxylic acids is 1. The van der Waals surface area contributed by atoms with Crippen molar-refractivity contribution in [1.82, 2.24) is 10.2 Å². The van der Waals surface area contributed by atoms with E-state index in [1.54, 1.807) is 19.1 Å². The van der Waals surface area contributed by atoms with Crippen LogP contribution in [0.5, 0.6) is 5.75 Å². The molecule has 1 fully saturated rings. The minimum Gasteiger partial charge on any atom is -0.497 e. The van der Waals surface area contributed by atoms with Crippen molar-refractivity contribution in [3.63, 3.8) is 0 Å². The fourth-order valence-electron chi connectivity index (χ4n) is 2.25.